The van der Waals surface area contributed by atoms with Crippen LogP contribution in [0.3, 0.4) is 0 Å². The van der Waals surface area contributed by atoms with E-state index in [-0.39, 0.29) is 5.28 Å². The van der Waals surface area contributed by atoms with E-state index in [1.54, 1.807) is 17.1 Å². The quantitative estimate of drug-likeness (QED) is 0.552. The summed E-state index contributed by atoms with van der Waals surface area (Å²) in [5, 5.41) is 4.25. The van der Waals surface area contributed by atoms with Gasteiger partial charge in [0.2, 0.25) is 5.28 Å². The molecule has 5 heteroatoms. The second-order valence-electron chi connectivity index (χ2n) is 2.18. The maximum Gasteiger partial charge on any atom is 0.223 e. The molecule has 0 bridgehead atoms. The van der Waals surface area contributed by atoms with E-state index < -0.39 is 0 Å². The van der Waals surface area contributed by atoms with Gasteiger partial charge in [-0.15, -0.1) is 0 Å². The number of nitrogens with zero attached hydrogens (tertiary/aromatic N) is 4. The fraction of sp³-hybridized carbons (Fsp3) is 0.167. The first-order chi connectivity index (χ1) is 5.27. The van der Waals surface area contributed by atoms with Gasteiger partial charge in [-0.1, -0.05) is 0 Å². The van der Waals surface area contributed by atoms with Crippen LogP contribution in [0.5, 0.6) is 0 Å². The van der Waals surface area contributed by atoms with Crippen molar-refractivity contribution < 1.29 is 0 Å². The molecule has 0 unspecified atom stereocenters. The summed E-state index contributed by atoms with van der Waals surface area (Å²) in [5.41, 5.74) is 1.65. The molecular formula is C6H5ClN4. The molecule has 0 spiro atoms. The Morgan fingerprint density at radius 3 is 3.09 bits per heavy atom. The Kier molecular flexibility index (Phi) is 1.29. The Morgan fingerprint density at radius 2 is 2.27 bits per heavy atom. The number of aromatic nitrogens is 4. The maximum absolute atomic E-state index is 5.57. The molecular weight excluding hydrogens is 164 g/mol. The first-order valence-corrected chi connectivity index (χ1v) is 3.45. The molecule has 0 amide bonds. The van der Waals surface area contributed by atoms with Crippen LogP contribution in [0.25, 0.3) is 11.0 Å². The van der Waals surface area contributed by atoms with Crippen LogP contribution in [0.4, 0.5) is 0 Å². The summed E-state index contributed by atoms with van der Waals surface area (Å²) in [6.45, 7) is 0. The lowest BCUT2D eigenvalue weighted by molar-refractivity contribution is 0.795. The Bertz CT molecular complexity index is 394. The maximum atomic E-state index is 5.57. The first-order valence-electron chi connectivity index (χ1n) is 3.07. The van der Waals surface area contributed by atoms with Crippen molar-refractivity contribution in [2.75, 3.05) is 0 Å². The van der Waals surface area contributed by atoms with E-state index in [9.17, 15) is 0 Å². The predicted molar refractivity (Wildman–Crippen MR) is 41.3 cm³/mol. The number of halogens is 1. The van der Waals surface area contributed by atoms with Crippen LogP contribution in [0.1, 0.15) is 0 Å². The summed E-state index contributed by atoms with van der Waals surface area (Å²) in [4.78, 5) is 7.80. The van der Waals surface area contributed by atoms with Crippen molar-refractivity contribution in [3.05, 3.63) is 17.7 Å². The average molecular weight is 169 g/mol. The molecule has 0 N–H and O–H groups in total. The van der Waals surface area contributed by atoms with E-state index in [1.165, 1.54) is 0 Å². The molecule has 11 heavy (non-hydrogen) atoms. The normalized spacial score (nSPS) is 10.7. The smallest absolute Gasteiger partial charge is 0.223 e. The van der Waals surface area contributed by atoms with Crippen LogP contribution in [0.15, 0.2) is 12.4 Å². The van der Waals surface area contributed by atoms with Gasteiger partial charge >= 0.3 is 0 Å². The van der Waals surface area contributed by atoms with Gasteiger partial charge in [0, 0.05) is 7.05 Å². The number of hydrogen-bond donors (Lipinski definition) is 0. The van der Waals surface area contributed by atoms with Crippen molar-refractivity contribution >= 4 is 22.6 Å². The van der Waals surface area contributed by atoms with E-state index in [0.717, 1.165) is 11.0 Å². The lowest BCUT2D eigenvalue weighted by Gasteiger charge is -1.91. The number of aryl methyl sites for hydroxylation is 1. The summed E-state index contributed by atoms with van der Waals surface area (Å²) in [7, 11) is 1.83. The van der Waals surface area contributed by atoms with Crippen molar-refractivity contribution in [2.24, 2.45) is 7.05 Å². The highest BCUT2D eigenvalue weighted by atomic mass is 35.5. The van der Waals surface area contributed by atoms with Crippen molar-refractivity contribution in [1.82, 2.24) is 19.7 Å². The molecule has 0 aromatic carbocycles. The van der Waals surface area contributed by atoms with Crippen LogP contribution in [-0.4, -0.2) is 19.7 Å². The summed E-state index contributed by atoms with van der Waals surface area (Å²) in [6, 6.07) is 0. The lowest BCUT2D eigenvalue weighted by Crippen LogP contribution is -1.90. The highest BCUT2D eigenvalue weighted by molar-refractivity contribution is 6.28. The summed E-state index contributed by atoms with van der Waals surface area (Å²) in [5.74, 6) is 0. The van der Waals surface area contributed by atoms with Gasteiger partial charge in [-0.2, -0.15) is 5.10 Å². The van der Waals surface area contributed by atoms with Crippen LogP contribution < -0.4 is 0 Å². The number of hydrogen-bond acceptors (Lipinski definition) is 3. The third kappa shape index (κ3) is 0.952. The average Bonchev–Trinajstić information content (AvgIpc) is 2.32. The number of fused-ring (bicyclic) bond motifs is 1. The summed E-state index contributed by atoms with van der Waals surface area (Å²) < 4.78 is 1.70. The molecule has 2 aromatic heterocycles. The molecule has 0 aliphatic carbocycles. The zero-order chi connectivity index (χ0) is 7.84. The van der Waals surface area contributed by atoms with Crippen LogP contribution in [-0.2, 0) is 7.05 Å². The highest BCUT2D eigenvalue weighted by Gasteiger charge is 2.00. The van der Waals surface area contributed by atoms with Gasteiger partial charge in [-0.3, -0.25) is 4.68 Å². The molecule has 0 aliphatic rings. The second kappa shape index (κ2) is 2.17. The standard InChI is InChI=1S/C6H5ClN4/c1-11-5-3-8-6(7)10-4(5)2-9-11/h2-3H,1H3. The van der Waals surface area contributed by atoms with Gasteiger partial charge in [0.1, 0.15) is 11.0 Å². The minimum Gasteiger partial charge on any atom is -0.265 e. The molecule has 0 radical (unpaired) electrons. The van der Waals surface area contributed by atoms with Gasteiger partial charge in [-0.05, 0) is 11.6 Å². The van der Waals surface area contributed by atoms with Crippen molar-refractivity contribution in [3.63, 3.8) is 0 Å². The van der Waals surface area contributed by atoms with Crippen molar-refractivity contribution in [3.8, 4) is 0 Å². The SMILES string of the molecule is Cn1ncc2nc(Cl)ncc21. The Labute approximate surface area is 67.8 Å². The Morgan fingerprint density at radius 1 is 1.45 bits per heavy atom. The molecule has 0 saturated heterocycles. The Hall–Kier alpha value is -1.16. The molecule has 2 heterocycles. The third-order valence-corrected chi connectivity index (χ3v) is 1.65. The monoisotopic (exact) mass is 168 g/mol. The lowest BCUT2D eigenvalue weighted by atomic mass is 10.5. The zero-order valence-electron chi connectivity index (χ0n) is 5.82. The molecule has 2 rings (SSSR count). The minimum atomic E-state index is 0.255. The van der Waals surface area contributed by atoms with Gasteiger partial charge in [0.25, 0.3) is 0 Å². The fourth-order valence-corrected chi connectivity index (χ4v) is 1.05. The van der Waals surface area contributed by atoms with E-state index in [2.05, 4.69) is 15.1 Å². The second-order valence-corrected chi connectivity index (χ2v) is 2.52. The number of rotatable bonds is 0. The van der Waals surface area contributed by atoms with Gasteiger partial charge in [-0.25, -0.2) is 9.97 Å². The van der Waals surface area contributed by atoms with E-state index >= 15 is 0 Å². The third-order valence-electron chi connectivity index (χ3n) is 1.47. The fourth-order valence-electron chi connectivity index (χ4n) is 0.914. The predicted octanol–water partition coefficient (Wildman–Crippen LogP) is 1.02. The van der Waals surface area contributed by atoms with E-state index in [1.807, 2.05) is 7.05 Å². The van der Waals surface area contributed by atoms with Crippen molar-refractivity contribution in [1.29, 1.82) is 0 Å². The van der Waals surface area contributed by atoms with Crippen molar-refractivity contribution in [2.45, 2.75) is 0 Å². The molecule has 56 valence electrons. The molecule has 0 saturated carbocycles. The van der Waals surface area contributed by atoms with E-state index in [4.69, 9.17) is 11.6 Å². The van der Waals surface area contributed by atoms with Crippen LogP contribution in [0.2, 0.25) is 5.28 Å². The molecule has 0 atom stereocenters. The van der Waals surface area contributed by atoms with Gasteiger partial charge < -0.3 is 0 Å². The Balaban J connectivity index is 2.86. The van der Waals surface area contributed by atoms with Crippen LogP contribution in [0, 0.1) is 0 Å². The van der Waals surface area contributed by atoms with Crippen LogP contribution >= 0.6 is 11.6 Å². The highest BCUT2D eigenvalue weighted by Crippen LogP contribution is 2.10. The molecule has 4 nitrogen and oxygen atoms in total. The molecule has 2 aromatic rings. The molecule has 0 fully saturated rings. The largest absolute Gasteiger partial charge is 0.265 e. The zero-order valence-corrected chi connectivity index (χ0v) is 6.58. The first kappa shape index (κ1) is 6.54. The topological polar surface area (TPSA) is 43.6 Å². The van der Waals surface area contributed by atoms with Gasteiger partial charge in [0.15, 0.2) is 0 Å². The van der Waals surface area contributed by atoms with E-state index in [0.29, 0.717) is 0 Å². The molecule has 0 aliphatic heterocycles. The van der Waals surface area contributed by atoms with Gasteiger partial charge in [0.05, 0.1) is 12.4 Å². The summed E-state index contributed by atoms with van der Waals surface area (Å²) >= 11 is 5.57. The summed E-state index contributed by atoms with van der Waals surface area (Å²) in [6.07, 6.45) is 3.31. The minimum absolute atomic E-state index is 0.255.